The number of aromatic nitrogens is 1. The normalized spacial score (nSPS) is 11.7. The molecule has 0 aliphatic rings. The third-order valence-corrected chi connectivity index (χ3v) is 9.84. The molecule has 0 N–H and O–H groups in total. The number of fused-ring (bicyclic) bond motifs is 7. The van der Waals surface area contributed by atoms with E-state index in [-0.39, 0.29) is 5.82 Å². The van der Waals surface area contributed by atoms with Crippen molar-refractivity contribution in [3.8, 4) is 16.8 Å². The molecular formula is C46H29FN2O. The first-order chi connectivity index (χ1) is 24.7. The average molecular weight is 645 g/mol. The van der Waals surface area contributed by atoms with Gasteiger partial charge in [0.1, 0.15) is 17.0 Å². The molecule has 0 aliphatic carbocycles. The van der Waals surface area contributed by atoms with Crippen molar-refractivity contribution in [3.63, 3.8) is 0 Å². The van der Waals surface area contributed by atoms with Crippen LogP contribution in [-0.4, -0.2) is 4.57 Å². The summed E-state index contributed by atoms with van der Waals surface area (Å²) in [5.74, 6) is -0.245. The van der Waals surface area contributed by atoms with E-state index in [0.717, 1.165) is 82.9 Å². The van der Waals surface area contributed by atoms with Gasteiger partial charge in [0.05, 0.1) is 16.7 Å². The first kappa shape index (κ1) is 28.4. The molecular weight excluding hydrogens is 616 g/mol. The number of anilines is 3. The Balaban J connectivity index is 1.16. The summed E-state index contributed by atoms with van der Waals surface area (Å²) in [6, 6.07) is 59.9. The zero-order valence-corrected chi connectivity index (χ0v) is 26.9. The van der Waals surface area contributed by atoms with Crippen LogP contribution in [0.1, 0.15) is 0 Å². The molecule has 0 atom stereocenters. The lowest BCUT2D eigenvalue weighted by molar-refractivity contribution is 0.635. The maximum atomic E-state index is 15.6. The van der Waals surface area contributed by atoms with Crippen LogP contribution in [0.3, 0.4) is 0 Å². The molecule has 0 bridgehead atoms. The van der Waals surface area contributed by atoms with Gasteiger partial charge < -0.3 is 13.9 Å². The van der Waals surface area contributed by atoms with Gasteiger partial charge in [-0.05, 0) is 65.5 Å². The van der Waals surface area contributed by atoms with E-state index in [1.54, 1.807) is 6.07 Å². The maximum absolute atomic E-state index is 15.6. The molecule has 0 spiro atoms. The predicted molar refractivity (Wildman–Crippen MR) is 206 cm³/mol. The number of halogens is 1. The van der Waals surface area contributed by atoms with E-state index in [4.69, 9.17) is 4.42 Å². The highest BCUT2D eigenvalue weighted by Crippen LogP contribution is 2.42. The smallest absolute Gasteiger partial charge is 0.147 e. The largest absolute Gasteiger partial charge is 0.455 e. The monoisotopic (exact) mass is 644 g/mol. The topological polar surface area (TPSA) is 21.3 Å². The Morgan fingerprint density at radius 1 is 0.500 bits per heavy atom. The maximum Gasteiger partial charge on any atom is 0.147 e. The lowest BCUT2D eigenvalue weighted by Gasteiger charge is -2.27. The SMILES string of the molecule is Fc1cccc2c3ccccc3n(-c3cccc(N(c4ccc(-c5cccc6c5oc5ccccc56)cc4)c4cccc5ccccc45)c3)c12. The Hall–Kier alpha value is -6.65. The molecule has 0 fully saturated rings. The van der Waals surface area contributed by atoms with E-state index in [2.05, 4.69) is 132 Å². The Labute approximate surface area is 287 Å². The molecule has 0 saturated heterocycles. The third-order valence-electron chi connectivity index (χ3n) is 9.84. The quantitative estimate of drug-likeness (QED) is 0.186. The van der Waals surface area contributed by atoms with Crippen LogP contribution in [0, 0.1) is 5.82 Å². The van der Waals surface area contributed by atoms with Crippen LogP contribution in [-0.2, 0) is 0 Å². The molecule has 0 amide bonds. The highest BCUT2D eigenvalue weighted by Gasteiger charge is 2.20. The lowest BCUT2D eigenvalue weighted by Crippen LogP contribution is -2.11. The summed E-state index contributed by atoms with van der Waals surface area (Å²) in [4.78, 5) is 2.29. The summed E-state index contributed by atoms with van der Waals surface area (Å²) >= 11 is 0. The second-order valence-electron chi connectivity index (χ2n) is 12.7. The fourth-order valence-electron chi connectivity index (χ4n) is 7.61. The van der Waals surface area contributed by atoms with E-state index in [1.165, 1.54) is 6.07 Å². The Bertz CT molecular complexity index is 2890. The molecule has 10 rings (SSSR count). The van der Waals surface area contributed by atoms with Gasteiger partial charge >= 0.3 is 0 Å². The Morgan fingerprint density at radius 2 is 1.18 bits per heavy atom. The minimum atomic E-state index is -0.245. The van der Waals surface area contributed by atoms with E-state index in [1.807, 2.05) is 41.0 Å². The predicted octanol–water partition coefficient (Wildman–Crippen LogP) is 13.1. The first-order valence-electron chi connectivity index (χ1n) is 16.8. The van der Waals surface area contributed by atoms with Gasteiger partial charge in [-0.1, -0.05) is 121 Å². The summed E-state index contributed by atoms with van der Waals surface area (Å²) in [6.45, 7) is 0. The summed E-state index contributed by atoms with van der Waals surface area (Å²) in [7, 11) is 0. The van der Waals surface area contributed by atoms with E-state index >= 15 is 4.39 Å². The minimum absolute atomic E-state index is 0.245. The van der Waals surface area contributed by atoms with Crippen molar-refractivity contribution in [2.45, 2.75) is 0 Å². The van der Waals surface area contributed by atoms with E-state index in [0.29, 0.717) is 5.52 Å². The molecule has 0 radical (unpaired) electrons. The Kier molecular flexibility index (Phi) is 6.36. The molecule has 8 aromatic carbocycles. The second kappa shape index (κ2) is 11.2. The molecule has 4 heteroatoms. The summed E-state index contributed by atoms with van der Waals surface area (Å²) in [5.41, 5.74) is 9.36. The molecule has 50 heavy (non-hydrogen) atoms. The molecule has 236 valence electrons. The molecule has 0 saturated carbocycles. The highest BCUT2D eigenvalue weighted by atomic mass is 19.1. The van der Waals surface area contributed by atoms with Gasteiger partial charge in [-0.15, -0.1) is 0 Å². The van der Waals surface area contributed by atoms with Crippen LogP contribution in [0.5, 0.6) is 0 Å². The van der Waals surface area contributed by atoms with Gasteiger partial charge in [0, 0.05) is 49.6 Å². The highest BCUT2D eigenvalue weighted by molar-refractivity contribution is 6.10. The van der Waals surface area contributed by atoms with Gasteiger partial charge in [-0.25, -0.2) is 4.39 Å². The zero-order chi connectivity index (χ0) is 33.2. The van der Waals surface area contributed by atoms with Crippen molar-refractivity contribution < 1.29 is 8.81 Å². The van der Waals surface area contributed by atoms with Crippen LogP contribution in [0.4, 0.5) is 21.5 Å². The standard InChI is InChI=1S/C46H29FN2O/c47-41-21-10-19-39-37-16-3-5-22-43(37)49(45(39)41)34-14-8-13-33(29-34)48(42-23-7-12-30-11-1-2-15-35(30)42)32-27-25-31(26-28-32)36-18-9-20-40-38-17-4-6-24-44(38)50-46(36)40/h1-29H. The van der Waals surface area contributed by atoms with Gasteiger partial charge in [0.2, 0.25) is 0 Å². The van der Waals surface area contributed by atoms with Crippen molar-refractivity contribution in [3.05, 3.63) is 182 Å². The Morgan fingerprint density at radius 3 is 2.08 bits per heavy atom. The number of hydrogen-bond donors (Lipinski definition) is 0. The molecule has 0 aliphatic heterocycles. The number of para-hydroxylation sites is 4. The average Bonchev–Trinajstić information content (AvgIpc) is 3.73. The third kappa shape index (κ3) is 4.35. The summed E-state index contributed by atoms with van der Waals surface area (Å²) < 4.78 is 24.1. The fourth-order valence-corrected chi connectivity index (χ4v) is 7.61. The zero-order valence-electron chi connectivity index (χ0n) is 26.9. The van der Waals surface area contributed by atoms with E-state index in [9.17, 15) is 0 Å². The minimum Gasteiger partial charge on any atom is -0.455 e. The van der Waals surface area contributed by atoms with Gasteiger partial charge in [0.15, 0.2) is 0 Å². The first-order valence-corrected chi connectivity index (χ1v) is 16.8. The van der Waals surface area contributed by atoms with Crippen molar-refractivity contribution in [1.29, 1.82) is 0 Å². The number of rotatable bonds is 5. The van der Waals surface area contributed by atoms with Crippen molar-refractivity contribution >= 4 is 71.6 Å². The number of benzene rings is 8. The van der Waals surface area contributed by atoms with Crippen molar-refractivity contribution in [2.24, 2.45) is 0 Å². The summed E-state index contributed by atoms with van der Waals surface area (Å²) in [6.07, 6.45) is 0. The van der Waals surface area contributed by atoms with Crippen molar-refractivity contribution in [2.75, 3.05) is 4.90 Å². The molecule has 10 aromatic rings. The number of hydrogen-bond acceptors (Lipinski definition) is 2. The van der Waals surface area contributed by atoms with Gasteiger partial charge in [-0.2, -0.15) is 0 Å². The molecule has 0 unspecified atom stereocenters. The van der Waals surface area contributed by atoms with Gasteiger partial charge in [-0.3, -0.25) is 0 Å². The second-order valence-corrected chi connectivity index (χ2v) is 12.7. The lowest BCUT2D eigenvalue weighted by atomic mass is 10.0. The van der Waals surface area contributed by atoms with Crippen molar-refractivity contribution in [1.82, 2.24) is 4.57 Å². The van der Waals surface area contributed by atoms with Crippen LogP contribution < -0.4 is 4.90 Å². The summed E-state index contributed by atoms with van der Waals surface area (Å²) in [5, 5.41) is 6.44. The number of nitrogens with zero attached hydrogens (tertiary/aromatic N) is 2. The van der Waals surface area contributed by atoms with Crippen LogP contribution in [0.2, 0.25) is 0 Å². The molecule has 2 heterocycles. The molecule has 3 nitrogen and oxygen atoms in total. The number of furan rings is 1. The van der Waals surface area contributed by atoms with Crippen LogP contribution in [0.25, 0.3) is 71.3 Å². The van der Waals surface area contributed by atoms with Crippen LogP contribution in [0.15, 0.2) is 180 Å². The van der Waals surface area contributed by atoms with Gasteiger partial charge in [0.25, 0.3) is 0 Å². The van der Waals surface area contributed by atoms with E-state index < -0.39 is 0 Å². The van der Waals surface area contributed by atoms with Crippen LogP contribution >= 0.6 is 0 Å². The fraction of sp³-hybridized carbons (Fsp3) is 0. The molecule has 2 aromatic heterocycles.